The van der Waals surface area contributed by atoms with Crippen LogP contribution in [0, 0.1) is 0 Å². The molecule has 2 aromatic rings. The van der Waals surface area contributed by atoms with Gasteiger partial charge in [0, 0.05) is 30.2 Å². The maximum absolute atomic E-state index is 11.9. The fourth-order valence-electron chi connectivity index (χ4n) is 2.19. The quantitative estimate of drug-likeness (QED) is 0.752. The third-order valence-corrected chi connectivity index (χ3v) is 3.13. The number of aromatic nitrogens is 1. The average molecular weight is 256 g/mol. The number of benzene rings is 1. The molecule has 0 saturated carbocycles. The summed E-state index contributed by atoms with van der Waals surface area (Å²) in [5, 5.41) is 3.09. The van der Waals surface area contributed by atoms with E-state index in [2.05, 4.69) is 10.3 Å². The van der Waals surface area contributed by atoms with Crippen molar-refractivity contribution in [1.82, 2.24) is 10.3 Å². The van der Waals surface area contributed by atoms with Crippen LogP contribution in [0.15, 0.2) is 30.5 Å². The van der Waals surface area contributed by atoms with E-state index < -0.39 is 6.03 Å². The van der Waals surface area contributed by atoms with E-state index in [0.717, 1.165) is 5.39 Å². The zero-order chi connectivity index (χ0) is 13.4. The molecule has 3 amide bonds. The summed E-state index contributed by atoms with van der Waals surface area (Å²) >= 11 is 0. The van der Waals surface area contributed by atoms with Crippen molar-refractivity contribution in [3.63, 3.8) is 0 Å². The molecule has 1 saturated heterocycles. The normalized spacial score (nSPS) is 15.7. The van der Waals surface area contributed by atoms with E-state index in [-0.39, 0.29) is 12.3 Å². The van der Waals surface area contributed by atoms with Gasteiger partial charge in [0.2, 0.25) is 5.91 Å². The number of nitrogen functional groups attached to an aromatic ring is 1. The number of nitrogens with zero attached hydrogens (tertiary/aromatic N) is 2. The number of carbonyl (C=O) groups is 2. The maximum Gasteiger partial charge on any atom is 0.328 e. The summed E-state index contributed by atoms with van der Waals surface area (Å²) in [5.41, 5.74) is 7.83. The molecule has 0 aliphatic carbocycles. The molecular weight excluding hydrogens is 244 g/mol. The van der Waals surface area contributed by atoms with Crippen molar-refractivity contribution in [2.24, 2.45) is 0 Å². The van der Waals surface area contributed by atoms with Crippen LogP contribution in [0.5, 0.6) is 0 Å². The second kappa shape index (κ2) is 4.24. The van der Waals surface area contributed by atoms with Gasteiger partial charge >= 0.3 is 6.03 Å². The van der Waals surface area contributed by atoms with E-state index in [0.29, 0.717) is 23.4 Å². The van der Waals surface area contributed by atoms with Crippen molar-refractivity contribution in [3.8, 4) is 0 Å². The number of nitrogens with two attached hydrogens (primary N) is 1. The van der Waals surface area contributed by atoms with Crippen molar-refractivity contribution >= 4 is 34.2 Å². The molecule has 0 atom stereocenters. The van der Waals surface area contributed by atoms with Gasteiger partial charge in [0.05, 0.1) is 11.2 Å². The first-order chi connectivity index (χ1) is 9.16. The van der Waals surface area contributed by atoms with Gasteiger partial charge in [-0.2, -0.15) is 0 Å². The molecule has 1 aliphatic heterocycles. The molecule has 2 heterocycles. The highest BCUT2D eigenvalue weighted by Gasteiger charge is 2.25. The lowest BCUT2D eigenvalue weighted by atomic mass is 10.1. The minimum Gasteiger partial charge on any atom is -0.398 e. The molecule has 1 aliphatic rings. The first-order valence-corrected chi connectivity index (χ1v) is 5.91. The number of anilines is 2. The van der Waals surface area contributed by atoms with Crippen LogP contribution in [-0.2, 0) is 4.79 Å². The SMILES string of the molecule is Nc1ccc(N2CCC(=O)NC2=O)c2ncccc12. The van der Waals surface area contributed by atoms with Crippen LogP contribution in [0.2, 0.25) is 0 Å². The topological polar surface area (TPSA) is 88.3 Å². The molecule has 3 rings (SSSR count). The van der Waals surface area contributed by atoms with Crippen molar-refractivity contribution in [1.29, 1.82) is 0 Å². The fourth-order valence-corrected chi connectivity index (χ4v) is 2.19. The predicted octanol–water partition coefficient (Wildman–Crippen LogP) is 1.26. The highest BCUT2D eigenvalue weighted by molar-refractivity contribution is 6.10. The van der Waals surface area contributed by atoms with E-state index in [1.807, 2.05) is 6.07 Å². The van der Waals surface area contributed by atoms with Gasteiger partial charge in [0.25, 0.3) is 0 Å². The lowest BCUT2D eigenvalue weighted by molar-refractivity contribution is -0.120. The van der Waals surface area contributed by atoms with Crippen molar-refractivity contribution in [2.75, 3.05) is 17.2 Å². The van der Waals surface area contributed by atoms with Crippen LogP contribution in [0.4, 0.5) is 16.2 Å². The molecular formula is C13H12N4O2. The third kappa shape index (κ3) is 1.87. The number of fused-ring (bicyclic) bond motifs is 1. The number of hydrogen-bond acceptors (Lipinski definition) is 4. The third-order valence-electron chi connectivity index (χ3n) is 3.13. The van der Waals surface area contributed by atoms with Crippen molar-refractivity contribution < 1.29 is 9.59 Å². The molecule has 3 N–H and O–H groups in total. The Labute approximate surface area is 109 Å². The van der Waals surface area contributed by atoms with Gasteiger partial charge in [-0.05, 0) is 24.3 Å². The van der Waals surface area contributed by atoms with Crippen LogP contribution in [0.1, 0.15) is 6.42 Å². The van der Waals surface area contributed by atoms with Crippen molar-refractivity contribution in [3.05, 3.63) is 30.5 Å². The molecule has 0 bridgehead atoms. The summed E-state index contributed by atoms with van der Waals surface area (Å²) < 4.78 is 0. The Balaban J connectivity index is 2.13. The molecule has 0 radical (unpaired) electrons. The standard InChI is InChI=1S/C13H12N4O2/c14-9-3-4-10(12-8(9)2-1-6-15-12)17-7-5-11(18)16-13(17)19/h1-4,6H,5,7,14H2,(H,16,18,19). The summed E-state index contributed by atoms with van der Waals surface area (Å²) in [6.45, 7) is 0.347. The van der Waals surface area contributed by atoms with Crippen LogP contribution >= 0.6 is 0 Å². The number of imide groups is 1. The number of nitrogens with one attached hydrogen (secondary N) is 1. The number of rotatable bonds is 1. The van der Waals surface area contributed by atoms with Crippen LogP contribution in [0.25, 0.3) is 10.9 Å². The highest BCUT2D eigenvalue weighted by Crippen LogP contribution is 2.29. The summed E-state index contributed by atoms with van der Waals surface area (Å²) in [6.07, 6.45) is 1.93. The Morgan fingerprint density at radius 2 is 2.11 bits per heavy atom. The Kier molecular flexibility index (Phi) is 2.56. The second-order valence-corrected chi connectivity index (χ2v) is 4.33. The summed E-state index contributed by atoms with van der Waals surface area (Å²) in [6, 6.07) is 6.72. The molecule has 6 heteroatoms. The number of urea groups is 1. The Hall–Kier alpha value is -2.63. The number of carbonyl (C=O) groups excluding carboxylic acids is 2. The Morgan fingerprint density at radius 3 is 2.89 bits per heavy atom. The minimum atomic E-state index is -0.423. The minimum absolute atomic E-state index is 0.256. The molecule has 1 aromatic heterocycles. The Bertz CT molecular complexity index is 683. The molecule has 1 aromatic carbocycles. The summed E-state index contributed by atoms with van der Waals surface area (Å²) in [4.78, 5) is 28.8. The summed E-state index contributed by atoms with van der Waals surface area (Å²) in [5.74, 6) is -0.256. The van der Waals surface area contributed by atoms with Gasteiger partial charge in [0.15, 0.2) is 0 Å². The summed E-state index contributed by atoms with van der Waals surface area (Å²) in [7, 11) is 0. The van der Waals surface area contributed by atoms with E-state index in [1.54, 1.807) is 24.4 Å². The van der Waals surface area contributed by atoms with Crippen molar-refractivity contribution in [2.45, 2.75) is 6.42 Å². The fraction of sp³-hybridized carbons (Fsp3) is 0.154. The number of hydrogen-bond donors (Lipinski definition) is 2. The lowest BCUT2D eigenvalue weighted by Crippen LogP contribution is -2.49. The smallest absolute Gasteiger partial charge is 0.328 e. The molecule has 19 heavy (non-hydrogen) atoms. The molecule has 96 valence electrons. The molecule has 0 unspecified atom stereocenters. The number of pyridine rings is 1. The highest BCUT2D eigenvalue weighted by atomic mass is 16.2. The zero-order valence-electron chi connectivity index (χ0n) is 10.1. The first-order valence-electron chi connectivity index (χ1n) is 5.91. The molecule has 6 nitrogen and oxygen atoms in total. The second-order valence-electron chi connectivity index (χ2n) is 4.33. The van der Waals surface area contributed by atoms with Crippen LogP contribution in [-0.4, -0.2) is 23.5 Å². The van der Waals surface area contributed by atoms with Gasteiger partial charge < -0.3 is 5.73 Å². The lowest BCUT2D eigenvalue weighted by Gasteiger charge is -2.27. The van der Waals surface area contributed by atoms with E-state index in [4.69, 9.17) is 5.73 Å². The predicted molar refractivity (Wildman–Crippen MR) is 71.7 cm³/mol. The average Bonchev–Trinajstić information content (AvgIpc) is 2.41. The zero-order valence-corrected chi connectivity index (χ0v) is 10.1. The Morgan fingerprint density at radius 1 is 1.26 bits per heavy atom. The first kappa shape index (κ1) is 11.5. The van der Waals surface area contributed by atoms with E-state index >= 15 is 0 Å². The van der Waals surface area contributed by atoms with E-state index in [9.17, 15) is 9.59 Å². The monoisotopic (exact) mass is 256 g/mol. The largest absolute Gasteiger partial charge is 0.398 e. The molecule has 1 fully saturated rings. The number of amides is 3. The van der Waals surface area contributed by atoms with Gasteiger partial charge in [0.1, 0.15) is 0 Å². The van der Waals surface area contributed by atoms with Crippen LogP contribution < -0.4 is 16.0 Å². The van der Waals surface area contributed by atoms with Gasteiger partial charge in [-0.3, -0.25) is 20.0 Å². The molecule has 0 spiro atoms. The van der Waals surface area contributed by atoms with E-state index in [1.165, 1.54) is 4.90 Å². The van der Waals surface area contributed by atoms with Crippen LogP contribution in [0.3, 0.4) is 0 Å². The van der Waals surface area contributed by atoms with Gasteiger partial charge in [-0.25, -0.2) is 4.79 Å². The van der Waals surface area contributed by atoms with Gasteiger partial charge in [-0.15, -0.1) is 0 Å². The van der Waals surface area contributed by atoms with Gasteiger partial charge in [-0.1, -0.05) is 0 Å². The maximum atomic E-state index is 11.9.